The van der Waals surface area contributed by atoms with E-state index >= 15 is 0 Å². The van der Waals surface area contributed by atoms with Crippen LogP contribution < -0.4 is 5.32 Å². The molecule has 0 atom stereocenters. The van der Waals surface area contributed by atoms with Gasteiger partial charge in [-0.2, -0.15) is 5.10 Å². The summed E-state index contributed by atoms with van der Waals surface area (Å²) in [6.45, 7) is 2.88. The summed E-state index contributed by atoms with van der Waals surface area (Å²) in [6, 6.07) is 6.26. The fraction of sp³-hybridized carbons (Fsp3) is 0.429. The molecule has 10 heteroatoms. The minimum atomic E-state index is -0.472. The van der Waals surface area contributed by atoms with E-state index in [0.717, 1.165) is 11.3 Å². The Morgan fingerprint density at radius 1 is 1.13 bits per heavy atom. The molecule has 3 heterocycles. The minimum absolute atomic E-state index is 0.131. The first-order valence-corrected chi connectivity index (χ1v) is 10.1. The van der Waals surface area contributed by atoms with Crippen molar-refractivity contribution in [3.05, 3.63) is 46.8 Å². The zero-order valence-electron chi connectivity index (χ0n) is 17.6. The molecule has 0 unspecified atom stereocenters. The van der Waals surface area contributed by atoms with E-state index in [0.29, 0.717) is 56.2 Å². The van der Waals surface area contributed by atoms with Crippen LogP contribution in [0, 0.1) is 0 Å². The number of nitrogens with one attached hydrogen (secondary N) is 1. The summed E-state index contributed by atoms with van der Waals surface area (Å²) < 4.78 is 11.8. The van der Waals surface area contributed by atoms with E-state index < -0.39 is 5.97 Å². The predicted molar refractivity (Wildman–Crippen MR) is 111 cm³/mol. The molecule has 2 aliphatic heterocycles. The molecule has 0 aliphatic carbocycles. The number of hydrogen-bond donors (Lipinski definition) is 1. The Labute approximate surface area is 179 Å². The first-order chi connectivity index (χ1) is 15.0. The van der Waals surface area contributed by atoms with Crippen LogP contribution in [0.2, 0.25) is 0 Å². The zero-order valence-corrected chi connectivity index (χ0v) is 17.6. The standard InChI is InChI=1S/C21H25N5O5/c1-24-17-6-7-26(21(29)22-15-5-3-4-14(12-15)20(28)30-2)13-16(17)18(23-24)19(27)25-8-10-31-11-9-25/h3-5,12H,6-11,13H2,1-2H3,(H,22,29). The zero-order chi connectivity index (χ0) is 22.0. The van der Waals surface area contributed by atoms with Crippen LogP contribution >= 0.6 is 0 Å². The molecule has 1 saturated heterocycles. The van der Waals surface area contributed by atoms with Gasteiger partial charge in [0.2, 0.25) is 0 Å². The molecule has 0 radical (unpaired) electrons. The molecular formula is C21H25N5O5. The molecule has 0 bridgehead atoms. The van der Waals surface area contributed by atoms with E-state index in [1.165, 1.54) is 7.11 Å². The molecule has 0 spiro atoms. The lowest BCUT2D eigenvalue weighted by Gasteiger charge is -2.29. The maximum Gasteiger partial charge on any atom is 0.337 e. The Morgan fingerprint density at radius 2 is 1.90 bits per heavy atom. The number of rotatable bonds is 3. The highest BCUT2D eigenvalue weighted by atomic mass is 16.5. The Balaban J connectivity index is 1.50. The van der Waals surface area contributed by atoms with Gasteiger partial charge in [0.05, 0.1) is 32.4 Å². The summed E-state index contributed by atoms with van der Waals surface area (Å²) in [4.78, 5) is 41.0. The second kappa shape index (κ2) is 8.76. The number of ether oxygens (including phenoxy) is 2. The Hall–Kier alpha value is -3.40. The van der Waals surface area contributed by atoms with Gasteiger partial charge in [-0.05, 0) is 18.2 Å². The van der Waals surface area contributed by atoms with E-state index in [-0.39, 0.29) is 18.5 Å². The predicted octanol–water partition coefficient (Wildman–Crippen LogP) is 1.27. The van der Waals surface area contributed by atoms with Crippen molar-refractivity contribution in [1.29, 1.82) is 0 Å². The summed E-state index contributed by atoms with van der Waals surface area (Å²) in [5, 5.41) is 7.28. The first kappa shape index (κ1) is 20.9. The van der Waals surface area contributed by atoms with E-state index in [2.05, 4.69) is 10.4 Å². The van der Waals surface area contributed by atoms with Crippen molar-refractivity contribution in [1.82, 2.24) is 19.6 Å². The largest absolute Gasteiger partial charge is 0.465 e. The highest BCUT2D eigenvalue weighted by Crippen LogP contribution is 2.24. The number of anilines is 1. The van der Waals surface area contributed by atoms with Crippen LogP contribution in [0.5, 0.6) is 0 Å². The van der Waals surface area contributed by atoms with Gasteiger partial charge < -0.3 is 24.6 Å². The second-order valence-corrected chi connectivity index (χ2v) is 7.48. The quantitative estimate of drug-likeness (QED) is 0.740. The van der Waals surface area contributed by atoms with Crippen molar-refractivity contribution in [2.75, 3.05) is 45.3 Å². The van der Waals surface area contributed by atoms with Crippen LogP contribution in [0.4, 0.5) is 10.5 Å². The molecule has 1 N–H and O–H groups in total. The number of benzene rings is 1. The normalized spacial score (nSPS) is 15.9. The Bertz CT molecular complexity index is 1010. The molecule has 4 rings (SSSR count). The van der Waals surface area contributed by atoms with Crippen LogP contribution in [0.1, 0.15) is 32.1 Å². The molecule has 1 aromatic heterocycles. The van der Waals surface area contributed by atoms with Crippen LogP contribution in [0.15, 0.2) is 24.3 Å². The van der Waals surface area contributed by atoms with Gasteiger partial charge in [0.25, 0.3) is 5.91 Å². The summed E-state index contributed by atoms with van der Waals surface area (Å²) in [6.07, 6.45) is 0.602. The summed E-state index contributed by atoms with van der Waals surface area (Å²) in [5.74, 6) is -0.603. The van der Waals surface area contributed by atoms with Crippen molar-refractivity contribution in [3.63, 3.8) is 0 Å². The van der Waals surface area contributed by atoms with E-state index in [4.69, 9.17) is 9.47 Å². The van der Waals surface area contributed by atoms with Gasteiger partial charge in [-0.3, -0.25) is 9.48 Å². The van der Waals surface area contributed by atoms with Gasteiger partial charge in [0.15, 0.2) is 5.69 Å². The van der Waals surface area contributed by atoms with Gasteiger partial charge >= 0.3 is 12.0 Å². The monoisotopic (exact) mass is 427 g/mol. The van der Waals surface area contributed by atoms with E-state index in [9.17, 15) is 14.4 Å². The number of hydrogen-bond acceptors (Lipinski definition) is 6. The SMILES string of the molecule is COC(=O)c1cccc(NC(=O)N2CCc3c(c(C(=O)N4CCOCC4)nn3C)C2)c1. The van der Waals surface area contributed by atoms with Crippen LogP contribution in [-0.2, 0) is 29.5 Å². The van der Waals surface area contributed by atoms with Crippen molar-refractivity contribution < 1.29 is 23.9 Å². The Morgan fingerprint density at radius 3 is 2.65 bits per heavy atom. The third kappa shape index (κ3) is 4.24. The molecule has 10 nitrogen and oxygen atoms in total. The van der Waals surface area contributed by atoms with Crippen molar-refractivity contribution in [2.45, 2.75) is 13.0 Å². The van der Waals surface area contributed by atoms with E-state index in [1.807, 2.05) is 7.05 Å². The summed E-state index contributed by atoms with van der Waals surface area (Å²) in [5.41, 5.74) is 2.99. The molecular weight excluding hydrogens is 402 g/mol. The number of morpholine rings is 1. The molecule has 2 aromatic rings. The number of aromatic nitrogens is 2. The maximum absolute atomic E-state index is 13.0. The average Bonchev–Trinajstić information content (AvgIpc) is 3.14. The molecule has 1 fully saturated rings. The molecule has 2 aliphatic rings. The number of aryl methyl sites for hydroxylation is 1. The van der Waals surface area contributed by atoms with Gasteiger partial charge in [-0.25, -0.2) is 9.59 Å². The van der Waals surface area contributed by atoms with Crippen LogP contribution in [-0.4, -0.2) is 77.4 Å². The van der Waals surface area contributed by atoms with Gasteiger partial charge in [-0.1, -0.05) is 6.07 Å². The molecule has 3 amide bonds. The number of methoxy groups -OCH3 is 1. The number of urea groups is 1. The first-order valence-electron chi connectivity index (χ1n) is 10.1. The number of nitrogens with zero attached hydrogens (tertiary/aromatic N) is 4. The molecule has 1 aromatic carbocycles. The minimum Gasteiger partial charge on any atom is -0.465 e. The van der Waals surface area contributed by atoms with Crippen molar-refractivity contribution in [2.24, 2.45) is 7.05 Å². The number of carbonyl (C=O) groups excluding carboxylic acids is 3. The number of amides is 3. The van der Waals surface area contributed by atoms with Crippen molar-refractivity contribution >= 4 is 23.6 Å². The van der Waals surface area contributed by atoms with Crippen LogP contribution in [0.25, 0.3) is 0 Å². The summed E-state index contributed by atoms with van der Waals surface area (Å²) in [7, 11) is 3.13. The maximum atomic E-state index is 13.0. The molecule has 164 valence electrons. The highest BCUT2D eigenvalue weighted by Gasteiger charge is 2.31. The van der Waals surface area contributed by atoms with E-state index in [1.54, 1.807) is 38.7 Å². The third-order valence-corrected chi connectivity index (χ3v) is 5.57. The Kier molecular flexibility index (Phi) is 5.90. The van der Waals surface area contributed by atoms with Crippen LogP contribution in [0.3, 0.4) is 0 Å². The lowest BCUT2D eigenvalue weighted by molar-refractivity contribution is 0.0297. The number of fused-ring (bicyclic) bond motifs is 1. The fourth-order valence-corrected chi connectivity index (χ4v) is 3.90. The number of carbonyl (C=O) groups is 3. The lowest BCUT2D eigenvalue weighted by Crippen LogP contribution is -2.42. The fourth-order valence-electron chi connectivity index (χ4n) is 3.90. The lowest BCUT2D eigenvalue weighted by atomic mass is 10.0. The molecule has 31 heavy (non-hydrogen) atoms. The smallest absolute Gasteiger partial charge is 0.337 e. The van der Waals surface area contributed by atoms with Gasteiger partial charge in [0.1, 0.15) is 0 Å². The molecule has 0 saturated carbocycles. The topological polar surface area (TPSA) is 106 Å². The third-order valence-electron chi connectivity index (χ3n) is 5.57. The second-order valence-electron chi connectivity index (χ2n) is 7.48. The number of esters is 1. The highest BCUT2D eigenvalue weighted by molar-refractivity contribution is 5.95. The average molecular weight is 427 g/mol. The van der Waals surface area contributed by atoms with Gasteiger partial charge in [-0.15, -0.1) is 0 Å². The van der Waals surface area contributed by atoms with Gasteiger partial charge in [0, 0.05) is 50.0 Å². The summed E-state index contributed by atoms with van der Waals surface area (Å²) >= 11 is 0. The van der Waals surface area contributed by atoms with Crippen molar-refractivity contribution in [3.8, 4) is 0 Å².